The second-order valence-corrected chi connectivity index (χ2v) is 4.73. The molecule has 18 heavy (non-hydrogen) atoms. The molecule has 0 bridgehead atoms. The van der Waals surface area contributed by atoms with Crippen LogP contribution in [-0.2, 0) is 0 Å². The van der Waals surface area contributed by atoms with Crippen LogP contribution in [0.1, 0.15) is 43.8 Å². The lowest BCUT2D eigenvalue weighted by molar-refractivity contribution is 0.431. The van der Waals surface area contributed by atoms with Gasteiger partial charge in [0.05, 0.1) is 11.0 Å². The molecule has 1 aliphatic rings. The molecule has 0 radical (unpaired) electrons. The predicted molar refractivity (Wildman–Crippen MR) is 80.8 cm³/mol. The minimum Gasteiger partial charge on any atom is -0.399 e. The highest BCUT2D eigenvalue weighted by molar-refractivity contribution is 5.85. The van der Waals surface area contributed by atoms with Crippen molar-refractivity contribution in [3.8, 4) is 0 Å². The minimum atomic E-state index is 0. The molecular weight excluding hydrogens is 269 g/mol. The normalized spacial score (nSPS) is 16.0. The van der Waals surface area contributed by atoms with Crippen molar-refractivity contribution in [1.29, 1.82) is 0 Å². The Balaban J connectivity index is 0.000000810. The number of H-pyrrole nitrogens is 1. The predicted octanol–water partition coefficient (Wildman–Crippen LogP) is 4.04. The number of hydrogen-bond donors (Lipinski definition) is 2. The van der Waals surface area contributed by atoms with Gasteiger partial charge in [-0.3, -0.25) is 0 Å². The van der Waals surface area contributed by atoms with E-state index in [1.165, 1.54) is 32.1 Å². The standard InChI is InChI=1S/C13H17N3.2ClH/c14-10-6-7-11-12(8-10)16-13(15-11)9-4-2-1-3-5-9;;/h6-9H,1-5,14H2,(H,15,16);2*1H. The molecule has 2 aromatic rings. The van der Waals surface area contributed by atoms with Crippen molar-refractivity contribution in [2.75, 3.05) is 5.73 Å². The Labute approximate surface area is 119 Å². The summed E-state index contributed by atoms with van der Waals surface area (Å²) in [5.41, 5.74) is 8.67. The molecule has 0 spiro atoms. The average molecular weight is 288 g/mol. The van der Waals surface area contributed by atoms with Gasteiger partial charge in [-0.2, -0.15) is 0 Å². The third-order valence-corrected chi connectivity index (χ3v) is 3.52. The van der Waals surface area contributed by atoms with E-state index < -0.39 is 0 Å². The van der Waals surface area contributed by atoms with E-state index in [2.05, 4.69) is 9.97 Å². The lowest BCUT2D eigenvalue weighted by Gasteiger charge is -2.18. The van der Waals surface area contributed by atoms with Crippen LogP contribution in [0.5, 0.6) is 0 Å². The molecule has 3 N–H and O–H groups in total. The van der Waals surface area contributed by atoms with Crippen LogP contribution in [-0.4, -0.2) is 9.97 Å². The summed E-state index contributed by atoms with van der Waals surface area (Å²) >= 11 is 0. The van der Waals surface area contributed by atoms with Crippen molar-refractivity contribution in [2.24, 2.45) is 0 Å². The lowest BCUT2D eigenvalue weighted by atomic mass is 9.89. The molecule has 1 saturated carbocycles. The van der Waals surface area contributed by atoms with Gasteiger partial charge >= 0.3 is 0 Å². The first kappa shape index (κ1) is 15.1. The van der Waals surface area contributed by atoms with Crippen LogP contribution >= 0.6 is 24.8 Å². The number of nitrogens with two attached hydrogens (primary N) is 1. The Morgan fingerprint density at radius 2 is 1.83 bits per heavy atom. The summed E-state index contributed by atoms with van der Waals surface area (Å²) in [5.74, 6) is 1.78. The first-order valence-electron chi connectivity index (χ1n) is 6.08. The highest BCUT2D eigenvalue weighted by Crippen LogP contribution is 2.32. The molecular formula is C13H19Cl2N3. The molecule has 0 unspecified atom stereocenters. The number of benzene rings is 1. The molecule has 0 aliphatic heterocycles. The number of rotatable bonds is 1. The van der Waals surface area contributed by atoms with Crippen LogP contribution in [0.25, 0.3) is 11.0 Å². The third kappa shape index (κ3) is 2.90. The van der Waals surface area contributed by atoms with E-state index in [1.807, 2.05) is 18.2 Å². The topological polar surface area (TPSA) is 54.7 Å². The summed E-state index contributed by atoms with van der Waals surface area (Å²) in [7, 11) is 0. The van der Waals surface area contributed by atoms with E-state index in [9.17, 15) is 0 Å². The fraction of sp³-hybridized carbons (Fsp3) is 0.462. The number of nitrogens with one attached hydrogen (secondary N) is 1. The molecule has 1 fully saturated rings. The van der Waals surface area contributed by atoms with Gasteiger partial charge in [-0.1, -0.05) is 19.3 Å². The fourth-order valence-corrected chi connectivity index (χ4v) is 2.62. The van der Waals surface area contributed by atoms with Crippen LogP contribution in [0.15, 0.2) is 18.2 Å². The minimum absolute atomic E-state index is 0. The van der Waals surface area contributed by atoms with E-state index in [0.29, 0.717) is 5.92 Å². The number of aromatic amines is 1. The fourth-order valence-electron chi connectivity index (χ4n) is 2.62. The zero-order valence-electron chi connectivity index (χ0n) is 10.2. The average Bonchev–Trinajstić information content (AvgIpc) is 2.73. The van der Waals surface area contributed by atoms with Crippen LogP contribution in [0, 0.1) is 0 Å². The molecule has 1 aromatic carbocycles. The number of nitrogen functional groups attached to an aromatic ring is 1. The number of anilines is 1. The molecule has 1 aliphatic carbocycles. The summed E-state index contributed by atoms with van der Waals surface area (Å²) in [6.07, 6.45) is 6.60. The van der Waals surface area contributed by atoms with Crippen molar-refractivity contribution >= 4 is 41.5 Å². The molecule has 3 nitrogen and oxygen atoms in total. The van der Waals surface area contributed by atoms with Crippen LogP contribution < -0.4 is 5.73 Å². The molecule has 100 valence electrons. The summed E-state index contributed by atoms with van der Waals surface area (Å²) in [5, 5.41) is 0. The molecule has 1 heterocycles. The highest BCUT2D eigenvalue weighted by atomic mass is 35.5. The Morgan fingerprint density at radius 1 is 1.11 bits per heavy atom. The second kappa shape index (κ2) is 6.30. The second-order valence-electron chi connectivity index (χ2n) is 4.73. The van der Waals surface area contributed by atoms with E-state index >= 15 is 0 Å². The van der Waals surface area contributed by atoms with Crippen molar-refractivity contribution in [1.82, 2.24) is 9.97 Å². The van der Waals surface area contributed by atoms with Crippen LogP contribution in [0.2, 0.25) is 0 Å². The molecule has 1 aromatic heterocycles. The summed E-state index contributed by atoms with van der Waals surface area (Å²) in [6.45, 7) is 0. The van der Waals surface area contributed by atoms with E-state index in [4.69, 9.17) is 5.73 Å². The maximum absolute atomic E-state index is 5.76. The number of hydrogen-bond acceptors (Lipinski definition) is 2. The Kier molecular flexibility index (Phi) is 5.29. The Bertz CT molecular complexity index is 504. The van der Waals surface area contributed by atoms with Crippen molar-refractivity contribution in [2.45, 2.75) is 38.0 Å². The van der Waals surface area contributed by atoms with E-state index in [-0.39, 0.29) is 24.8 Å². The monoisotopic (exact) mass is 287 g/mol. The molecule has 3 rings (SSSR count). The van der Waals surface area contributed by atoms with Gasteiger partial charge in [-0.05, 0) is 31.0 Å². The van der Waals surface area contributed by atoms with Crippen molar-refractivity contribution < 1.29 is 0 Å². The number of fused-ring (bicyclic) bond motifs is 1. The maximum Gasteiger partial charge on any atom is 0.110 e. The zero-order chi connectivity index (χ0) is 11.0. The molecule has 5 heteroatoms. The van der Waals surface area contributed by atoms with Crippen molar-refractivity contribution in [3.63, 3.8) is 0 Å². The third-order valence-electron chi connectivity index (χ3n) is 3.52. The molecule has 0 saturated heterocycles. The van der Waals surface area contributed by atoms with Gasteiger partial charge in [-0.25, -0.2) is 4.98 Å². The number of halogens is 2. The Hall–Kier alpha value is -0.930. The summed E-state index contributed by atoms with van der Waals surface area (Å²) in [6, 6.07) is 5.87. The van der Waals surface area contributed by atoms with Crippen LogP contribution in [0.4, 0.5) is 5.69 Å². The molecule has 0 atom stereocenters. The largest absolute Gasteiger partial charge is 0.399 e. The first-order valence-corrected chi connectivity index (χ1v) is 6.08. The van der Waals surface area contributed by atoms with Gasteiger partial charge in [0.15, 0.2) is 0 Å². The SMILES string of the molecule is Cl.Cl.Nc1ccc2nc(C3CCCCC3)[nH]c2c1. The van der Waals surface area contributed by atoms with Gasteiger partial charge in [0.2, 0.25) is 0 Å². The van der Waals surface area contributed by atoms with Gasteiger partial charge in [0.25, 0.3) is 0 Å². The van der Waals surface area contributed by atoms with Gasteiger partial charge in [-0.15, -0.1) is 24.8 Å². The van der Waals surface area contributed by atoms with Gasteiger partial charge in [0.1, 0.15) is 5.82 Å². The summed E-state index contributed by atoms with van der Waals surface area (Å²) < 4.78 is 0. The number of aromatic nitrogens is 2. The van der Waals surface area contributed by atoms with Gasteiger partial charge in [0, 0.05) is 11.6 Å². The zero-order valence-corrected chi connectivity index (χ0v) is 11.8. The number of imidazole rings is 1. The summed E-state index contributed by atoms with van der Waals surface area (Å²) in [4.78, 5) is 8.08. The van der Waals surface area contributed by atoms with Crippen LogP contribution in [0.3, 0.4) is 0 Å². The maximum atomic E-state index is 5.76. The first-order chi connectivity index (χ1) is 7.83. The van der Waals surface area contributed by atoms with Gasteiger partial charge < -0.3 is 10.7 Å². The quantitative estimate of drug-likeness (QED) is 0.778. The highest BCUT2D eigenvalue weighted by Gasteiger charge is 2.18. The molecule has 0 amide bonds. The number of nitrogens with zero attached hydrogens (tertiary/aromatic N) is 1. The van der Waals surface area contributed by atoms with Crippen molar-refractivity contribution in [3.05, 3.63) is 24.0 Å². The van der Waals surface area contributed by atoms with E-state index in [0.717, 1.165) is 22.5 Å². The Morgan fingerprint density at radius 3 is 2.56 bits per heavy atom. The van der Waals surface area contributed by atoms with E-state index in [1.54, 1.807) is 0 Å². The lowest BCUT2D eigenvalue weighted by Crippen LogP contribution is -2.05. The smallest absolute Gasteiger partial charge is 0.110 e.